The molecule has 41 heavy (non-hydrogen) atoms. The number of carbonyl (C=O) groups excluding carboxylic acids is 2. The Morgan fingerprint density at radius 3 is 2.78 bits per heavy atom. The highest BCUT2D eigenvalue weighted by atomic mass is 16.5. The van der Waals surface area contributed by atoms with Crippen molar-refractivity contribution >= 4 is 51.1 Å². The maximum atomic E-state index is 13.1. The van der Waals surface area contributed by atoms with Crippen LogP contribution in [0.1, 0.15) is 33.6 Å². The Bertz CT molecular complexity index is 1640. The molecule has 214 valence electrons. The van der Waals surface area contributed by atoms with Gasteiger partial charge < -0.3 is 29.4 Å². The fraction of sp³-hybridized carbons (Fsp3) is 0.433. The number of hydrogen-bond donors (Lipinski definition) is 2. The molecule has 3 unspecified atom stereocenters. The number of rotatable bonds is 8. The van der Waals surface area contributed by atoms with Crippen molar-refractivity contribution in [1.29, 1.82) is 0 Å². The molecule has 0 spiro atoms. The van der Waals surface area contributed by atoms with Gasteiger partial charge in [-0.15, -0.1) is 0 Å². The number of hydrogen-bond acceptors (Lipinski definition) is 10. The molecule has 1 aromatic carbocycles. The predicted octanol–water partition coefficient (Wildman–Crippen LogP) is 4.62. The average Bonchev–Trinajstić information content (AvgIpc) is 3.60. The van der Waals surface area contributed by atoms with Gasteiger partial charge in [-0.3, -0.25) is 9.59 Å². The number of anilines is 3. The molecule has 1 aliphatic carbocycles. The normalized spacial score (nSPS) is 22.1. The summed E-state index contributed by atoms with van der Waals surface area (Å²) < 4.78 is 17.1. The number of oxazole rings is 1. The lowest BCUT2D eigenvalue weighted by atomic mass is 10.00. The van der Waals surface area contributed by atoms with Crippen LogP contribution in [0.5, 0.6) is 0 Å². The van der Waals surface area contributed by atoms with Crippen LogP contribution in [0.25, 0.3) is 33.3 Å². The first-order chi connectivity index (χ1) is 19.9. The highest BCUT2D eigenvalue weighted by molar-refractivity contribution is 6.04. The number of benzene rings is 1. The molecular weight excluding hydrogens is 524 g/mol. The Hall–Kier alpha value is -4.25. The molecule has 11 heteroatoms. The minimum absolute atomic E-state index is 0.169. The second kappa shape index (κ2) is 10.6. The number of esters is 1. The molecule has 2 fully saturated rings. The SMILES string of the molecule is CCOC(=O)C1(CC)CC1C(=O)Nc1cc2c(-c3nc4cc(N5CCOC(C)C5)ccc4o3)cnc(NC)c2cn1. The van der Waals surface area contributed by atoms with Gasteiger partial charge in [0, 0.05) is 49.0 Å². The molecule has 2 aliphatic rings. The summed E-state index contributed by atoms with van der Waals surface area (Å²) in [6, 6.07) is 7.80. The first kappa shape index (κ1) is 26.9. The highest BCUT2D eigenvalue weighted by Gasteiger charge is 2.63. The van der Waals surface area contributed by atoms with Crippen LogP contribution in [0, 0.1) is 11.3 Å². The molecule has 6 rings (SSSR count). The minimum atomic E-state index is -0.762. The molecule has 1 saturated carbocycles. The summed E-state index contributed by atoms with van der Waals surface area (Å²) >= 11 is 0. The van der Waals surface area contributed by atoms with Crippen molar-refractivity contribution in [3.63, 3.8) is 0 Å². The van der Waals surface area contributed by atoms with Gasteiger partial charge in [0.05, 0.1) is 36.2 Å². The van der Waals surface area contributed by atoms with E-state index in [1.54, 1.807) is 32.4 Å². The number of morpholine rings is 1. The number of amides is 1. The van der Waals surface area contributed by atoms with Gasteiger partial charge in [-0.25, -0.2) is 15.0 Å². The second-order valence-electron chi connectivity index (χ2n) is 10.7. The van der Waals surface area contributed by atoms with E-state index in [1.165, 1.54) is 0 Å². The third-order valence-electron chi connectivity index (χ3n) is 8.17. The smallest absolute Gasteiger partial charge is 0.312 e. The zero-order chi connectivity index (χ0) is 28.7. The Labute approximate surface area is 237 Å². The van der Waals surface area contributed by atoms with Gasteiger partial charge in [-0.05, 0) is 51.0 Å². The predicted molar refractivity (Wildman–Crippen MR) is 156 cm³/mol. The lowest BCUT2D eigenvalue weighted by Crippen LogP contribution is -2.41. The molecule has 3 atom stereocenters. The van der Waals surface area contributed by atoms with E-state index < -0.39 is 11.3 Å². The van der Waals surface area contributed by atoms with Crippen LogP contribution in [0.2, 0.25) is 0 Å². The van der Waals surface area contributed by atoms with Gasteiger partial charge in [0.25, 0.3) is 0 Å². The zero-order valence-electron chi connectivity index (χ0n) is 23.7. The molecule has 1 aliphatic heterocycles. The number of ether oxygens (including phenoxy) is 2. The summed E-state index contributed by atoms with van der Waals surface area (Å²) in [6.45, 7) is 8.36. The van der Waals surface area contributed by atoms with Crippen molar-refractivity contribution in [3.8, 4) is 11.5 Å². The summed E-state index contributed by atoms with van der Waals surface area (Å²) in [4.78, 5) is 41.8. The van der Waals surface area contributed by atoms with Crippen LogP contribution in [0.15, 0.2) is 41.1 Å². The molecule has 4 heterocycles. The van der Waals surface area contributed by atoms with Gasteiger partial charge in [0.15, 0.2) is 5.58 Å². The van der Waals surface area contributed by atoms with Crippen molar-refractivity contribution in [2.24, 2.45) is 11.3 Å². The molecule has 4 aromatic rings. The summed E-state index contributed by atoms with van der Waals surface area (Å²) in [6.07, 6.45) is 4.55. The fourth-order valence-corrected chi connectivity index (χ4v) is 5.75. The number of fused-ring (bicyclic) bond motifs is 2. The molecule has 0 radical (unpaired) electrons. The van der Waals surface area contributed by atoms with Crippen molar-refractivity contribution in [1.82, 2.24) is 15.0 Å². The highest BCUT2D eigenvalue weighted by Crippen LogP contribution is 2.56. The van der Waals surface area contributed by atoms with Crippen LogP contribution < -0.4 is 15.5 Å². The summed E-state index contributed by atoms with van der Waals surface area (Å²) in [7, 11) is 1.79. The number of carbonyl (C=O) groups is 2. The number of nitrogens with zero attached hydrogens (tertiary/aromatic N) is 4. The number of pyridine rings is 2. The van der Waals surface area contributed by atoms with Crippen molar-refractivity contribution in [2.45, 2.75) is 39.7 Å². The lowest BCUT2D eigenvalue weighted by Gasteiger charge is -2.32. The topological polar surface area (TPSA) is 132 Å². The molecule has 0 bridgehead atoms. The molecule has 1 saturated heterocycles. The van der Waals surface area contributed by atoms with Gasteiger partial charge in [-0.1, -0.05) is 6.92 Å². The maximum absolute atomic E-state index is 13.1. The van der Waals surface area contributed by atoms with Crippen LogP contribution in [-0.2, 0) is 19.1 Å². The van der Waals surface area contributed by atoms with E-state index in [-0.39, 0.29) is 24.6 Å². The van der Waals surface area contributed by atoms with Crippen molar-refractivity contribution in [2.75, 3.05) is 48.9 Å². The first-order valence-corrected chi connectivity index (χ1v) is 14.1. The molecule has 11 nitrogen and oxygen atoms in total. The summed E-state index contributed by atoms with van der Waals surface area (Å²) in [5.74, 6) is 0.424. The van der Waals surface area contributed by atoms with E-state index in [9.17, 15) is 9.59 Å². The third kappa shape index (κ3) is 4.84. The van der Waals surface area contributed by atoms with E-state index in [1.807, 2.05) is 25.1 Å². The van der Waals surface area contributed by atoms with Crippen LogP contribution in [0.4, 0.5) is 17.3 Å². The summed E-state index contributed by atoms with van der Waals surface area (Å²) in [5.41, 5.74) is 2.40. The number of nitrogens with one attached hydrogen (secondary N) is 2. The quantitative estimate of drug-likeness (QED) is 0.295. The molecule has 2 N–H and O–H groups in total. The second-order valence-corrected chi connectivity index (χ2v) is 10.7. The zero-order valence-corrected chi connectivity index (χ0v) is 23.7. The molecule has 1 amide bonds. The largest absolute Gasteiger partial charge is 0.466 e. The Morgan fingerprint density at radius 2 is 2.02 bits per heavy atom. The van der Waals surface area contributed by atoms with Crippen molar-refractivity contribution in [3.05, 3.63) is 36.7 Å². The van der Waals surface area contributed by atoms with Gasteiger partial charge in [0.1, 0.15) is 17.2 Å². The van der Waals surface area contributed by atoms with E-state index in [2.05, 4.69) is 32.4 Å². The first-order valence-electron chi connectivity index (χ1n) is 14.1. The third-order valence-corrected chi connectivity index (χ3v) is 8.17. The Balaban J connectivity index is 1.32. The van der Waals surface area contributed by atoms with E-state index in [0.717, 1.165) is 35.1 Å². The van der Waals surface area contributed by atoms with E-state index >= 15 is 0 Å². The molecule has 3 aromatic heterocycles. The number of aromatic nitrogens is 3. The van der Waals surface area contributed by atoms with Gasteiger partial charge >= 0.3 is 5.97 Å². The van der Waals surface area contributed by atoms with E-state index in [0.29, 0.717) is 48.1 Å². The van der Waals surface area contributed by atoms with Crippen LogP contribution in [0.3, 0.4) is 0 Å². The Kier molecular flexibility index (Phi) is 6.98. The summed E-state index contributed by atoms with van der Waals surface area (Å²) in [5, 5.41) is 7.53. The van der Waals surface area contributed by atoms with Crippen LogP contribution in [-0.4, -0.2) is 66.3 Å². The monoisotopic (exact) mass is 558 g/mol. The minimum Gasteiger partial charge on any atom is -0.466 e. The fourth-order valence-electron chi connectivity index (χ4n) is 5.75. The van der Waals surface area contributed by atoms with Gasteiger partial charge in [0.2, 0.25) is 11.8 Å². The maximum Gasteiger partial charge on any atom is 0.312 e. The van der Waals surface area contributed by atoms with E-state index in [4.69, 9.17) is 18.9 Å². The van der Waals surface area contributed by atoms with Gasteiger partial charge in [-0.2, -0.15) is 0 Å². The average molecular weight is 559 g/mol. The standard InChI is InChI=1S/C30H34N6O5/c1-5-30(29(38)39-6-2)13-22(30)27(37)35-25-12-19-20(14-32-25)26(31-4)33-15-21(19)28-34-23-11-18(7-8-24(23)41-28)36-9-10-40-17(3)16-36/h7-8,11-12,14-15,17,22H,5-6,9-10,13,16H2,1-4H3,(H,31,33)(H,32,35,37). The lowest BCUT2D eigenvalue weighted by molar-refractivity contribution is -0.151. The Morgan fingerprint density at radius 1 is 1.17 bits per heavy atom. The van der Waals surface area contributed by atoms with Crippen molar-refractivity contribution < 1.29 is 23.5 Å². The van der Waals surface area contributed by atoms with Crippen LogP contribution >= 0.6 is 0 Å². The molecular formula is C30H34N6O5.